The summed E-state index contributed by atoms with van der Waals surface area (Å²) in [7, 11) is -14.6. The van der Waals surface area contributed by atoms with Crippen LogP contribution < -0.4 is 5.73 Å². The van der Waals surface area contributed by atoms with Crippen LogP contribution in [0.5, 0.6) is 23.1 Å². The molecule has 20 nitrogen and oxygen atoms in total. The molecule has 0 aliphatic carbocycles. The standard InChI is InChI=1S/C32H25N7O13S3.2Cu/c1-15-30(32(43)39(38-15)18-4-6-19(7-5-18)53(44,45)46)37-35-22-10-3-17(13-25(22)41)16-2-9-21(24(40)12-16)34-36-23-11-8-20-26(54(47,48)49)14-27(55(50,51)52)29(33)28(20)31(23)42;;/h2-14,40-43H,33H2,1H3,(H,44,45,46)(H,47,48,49)(H,50,51,52);;/q;2*+2. The van der Waals surface area contributed by atoms with Crippen molar-refractivity contribution < 1.29 is 93.5 Å². The Kier molecular flexibility index (Phi) is 12.6. The van der Waals surface area contributed by atoms with E-state index in [1.165, 1.54) is 55.5 Å². The van der Waals surface area contributed by atoms with Crippen molar-refractivity contribution >= 4 is 69.6 Å². The van der Waals surface area contributed by atoms with Crippen LogP contribution in [0, 0.1) is 6.92 Å². The minimum Gasteiger partial charge on any atom is -0.506 e. The minimum atomic E-state index is -5.12. The minimum absolute atomic E-state index is 0. The molecule has 0 saturated heterocycles. The van der Waals surface area contributed by atoms with E-state index >= 15 is 0 Å². The quantitative estimate of drug-likeness (QED) is 0.0358. The van der Waals surface area contributed by atoms with E-state index in [2.05, 4.69) is 25.6 Å². The number of fused-ring (bicyclic) bond motifs is 1. The molecule has 9 N–H and O–H groups in total. The van der Waals surface area contributed by atoms with E-state index in [-0.39, 0.29) is 84.3 Å². The van der Waals surface area contributed by atoms with Crippen molar-refractivity contribution in [1.82, 2.24) is 9.78 Å². The van der Waals surface area contributed by atoms with Gasteiger partial charge in [0.25, 0.3) is 30.4 Å². The van der Waals surface area contributed by atoms with Gasteiger partial charge in [-0.05, 0) is 78.7 Å². The van der Waals surface area contributed by atoms with Gasteiger partial charge in [-0.1, -0.05) is 18.2 Å². The number of aromatic nitrogens is 2. The van der Waals surface area contributed by atoms with Crippen molar-refractivity contribution in [2.45, 2.75) is 21.6 Å². The van der Waals surface area contributed by atoms with E-state index in [0.29, 0.717) is 17.2 Å². The number of aryl methyl sites for hydroxylation is 1. The monoisotopic (exact) mass is 937 g/mol. The Hall–Kier alpha value is -5.46. The van der Waals surface area contributed by atoms with Crippen LogP contribution in [-0.2, 0) is 64.5 Å². The van der Waals surface area contributed by atoms with Crippen molar-refractivity contribution in [3.8, 4) is 39.9 Å². The van der Waals surface area contributed by atoms with E-state index in [1.54, 1.807) is 0 Å². The molecule has 0 fully saturated rings. The summed E-state index contributed by atoms with van der Waals surface area (Å²) < 4.78 is 99.7. The normalized spacial score (nSPS) is 12.2. The molecule has 6 aromatic rings. The molecule has 5 aromatic carbocycles. The summed E-state index contributed by atoms with van der Waals surface area (Å²) in [6.45, 7) is 1.53. The summed E-state index contributed by atoms with van der Waals surface area (Å²) in [6.07, 6.45) is 0. The van der Waals surface area contributed by atoms with E-state index in [9.17, 15) is 59.3 Å². The molecule has 0 spiro atoms. The molecule has 0 amide bonds. The molecular weight excluding hydrogens is 914 g/mol. The number of nitrogens with two attached hydrogens (primary N) is 1. The molecule has 0 bridgehead atoms. The van der Waals surface area contributed by atoms with Crippen LogP contribution in [0.15, 0.2) is 114 Å². The van der Waals surface area contributed by atoms with Gasteiger partial charge in [0.15, 0.2) is 11.4 Å². The fourth-order valence-corrected chi connectivity index (χ4v) is 7.23. The first-order valence-electron chi connectivity index (χ1n) is 15.0. The molecule has 6 rings (SSSR count). The van der Waals surface area contributed by atoms with Gasteiger partial charge in [0.1, 0.15) is 38.4 Å². The fraction of sp³-hybridized carbons (Fsp3) is 0.0312. The number of phenolic OH excluding ortho intramolecular Hbond substituents is 3. The maximum Gasteiger partial charge on any atom is 2.00 e. The number of aromatic hydroxyl groups is 4. The number of benzene rings is 5. The van der Waals surface area contributed by atoms with Crippen molar-refractivity contribution in [2.24, 2.45) is 20.5 Å². The predicted molar refractivity (Wildman–Crippen MR) is 193 cm³/mol. The third kappa shape index (κ3) is 8.92. The number of hydrogen-bond donors (Lipinski definition) is 8. The molecule has 302 valence electrons. The second kappa shape index (κ2) is 16.2. The Morgan fingerprint density at radius 3 is 1.60 bits per heavy atom. The molecular formula is C32H25Cu2N7O13S3+4. The largest absolute Gasteiger partial charge is 2.00 e. The summed E-state index contributed by atoms with van der Waals surface area (Å²) in [4.78, 5) is -2.42. The molecule has 1 aromatic heterocycles. The molecule has 2 radical (unpaired) electrons. The van der Waals surface area contributed by atoms with Crippen LogP contribution in [0.4, 0.5) is 28.4 Å². The summed E-state index contributed by atoms with van der Waals surface area (Å²) in [5.74, 6) is -2.05. The van der Waals surface area contributed by atoms with Gasteiger partial charge in [-0.3, -0.25) is 13.7 Å². The number of phenols is 3. The zero-order valence-electron chi connectivity index (χ0n) is 28.2. The number of anilines is 1. The Morgan fingerprint density at radius 2 is 1.11 bits per heavy atom. The van der Waals surface area contributed by atoms with Crippen LogP contribution in [-0.4, -0.2) is 69.1 Å². The number of nitrogens with zero attached hydrogens (tertiary/aromatic N) is 6. The molecule has 57 heavy (non-hydrogen) atoms. The van der Waals surface area contributed by atoms with Crippen LogP contribution in [0.2, 0.25) is 0 Å². The van der Waals surface area contributed by atoms with Gasteiger partial charge in [-0.2, -0.15) is 35.0 Å². The zero-order valence-corrected chi connectivity index (χ0v) is 32.5. The molecule has 0 unspecified atom stereocenters. The molecule has 0 aliphatic heterocycles. The second-order valence-corrected chi connectivity index (χ2v) is 15.7. The summed E-state index contributed by atoms with van der Waals surface area (Å²) in [6, 6.07) is 15.8. The van der Waals surface area contributed by atoms with Gasteiger partial charge in [-0.25, -0.2) is 0 Å². The topological polar surface area (TPSA) is 337 Å². The van der Waals surface area contributed by atoms with Gasteiger partial charge >= 0.3 is 34.1 Å². The maximum atomic E-state index is 12.0. The average Bonchev–Trinajstić information content (AvgIpc) is 3.38. The summed E-state index contributed by atoms with van der Waals surface area (Å²) >= 11 is 0. The molecule has 25 heteroatoms. The number of azo groups is 2. The zero-order chi connectivity index (χ0) is 40.2. The van der Waals surface area contributed by atoms with E-state index in [1.807, 2.05) is 0 Å². The van der Waals surface area contributed by atoms with Crippen molar-refractivity contribution in [1.29, 1.82) is 0 Å². The van der Waals surface area contributed by atoms with Crippen molar-refractivity contribution in [3.05, 3.63) is 84.6 Å². The van der Waals surface area contributed by atoms with Gasteiger partial charge in [0.05, 0.1) is 27.4 Å². The second-order valence-electron chi connectivity index (χ2n) is 11.5. The van der Waals surface area contributed by atoms with Crippen LogP contribution in [0.1, 0.15) is 5.69 Å². The Bertz CT molecular complexity index is 2980. The molecule has 0 saturated carbocycles. The van der Waals surface area contributed by atoms with Gasteiger partial charge in [0, 0.05) is 5.39 Å². The maximum absolute atomic E-state index is 12.0. The number of rotatable bonds is 9. The van der Waals surface area contributed by atoms with Gasteiger partial charge in [0.2, 0.25) is 5.88 Å². The summed E-state index contributed by atoms with van der Waals surface area (Å²) in [5, 5.41) is 61.9. The average molecular weight is 939 g/mol. The number of hydrogen-bond acceptors (Lipinski definition) is 16. The van der Waals surface area contributed by atoms with E-state index < -0.39 is 68.6 Å². The first-order valence-corrected chi connectivity index (χ1v) is 19.4. The van der Waals surface area contributed by atoms with E-state index in [4.69, 9.17) is 5.73 Å². The van der Waals surface area contributed by atoms with Gasteiger partial charge < -0.3 is 26.2 Å². The molecule has 0 aliphatic rings. The van der Waals surface area contributed by atoms with Crippen LogP contribution >= 0.6 is 0 Å². The smallest absolute Gasteiger partial charge is 0.506 e. The first kappa shape index (κ1) is 44.3. The first-order chi connectivity index (χ1) is 25.6. The number of nitrogen functional groups attached to an aromatic ring is 1. The predicted octanol–water partition coefficient (Wildman–Crippen LogP) is 5.97. The van der Waals surface area contributed by atoms with Crippen molar-refractivity contribution in [2.75, 3.05) is 5.73 Å². The van der Waals surface area contributed by atoms with E-state index in [0.717, 1.165) is 28.9 Å². The van der Waals surface area contributed by atoms with Gasteiger partial charge in [-0.15, -0.1) is 20.5 Å². The SMILES string of the molecule is Cc1nn(-c2ccc(S(=O)(=O)O)cc2)c(O)c1N=Nc1ccc(-c2ccc(N=Nc3ccc4c(S(=O)(=O)O)cc(S(=O)(=O)O)c(N)c4c3O)c(O)c2)cc1O.[Cu+2].[Cu+2]. The third-order valence-corrected chi connectivity index (χ3v) is 10.6. The Labute approximate surface area is 343 Å². The molecule has 0 atom stereocenters. The van der Waals surface area contributed by atoms with Crippen molar-refractivity contribution in [3.63, 3.8) is 0 Å². The third-order valence-electron chi connectivity index (χ3n) is 7.97. The fourth-order valence-electron chi connectivity index (χ4n) is 5.31. The Balaban J connectivity index is 0.00000360. The molecule has 1 heterocycles. The van der Waals surface area contributed by atoms with Crippen LogP contribution in [0.25, 0.3) is 27.6 Å². The van der Waals surface area contributed by atoms with Crippen LogP contribution in [0.3, 0.4) is 0 Å². The Morgan fingerprint density at radius 1 is 0.614 bits per heavy atom. The summed E-state index contributed by atoms with van der Waals surface area (Å²) in [5.41, 5.74) is 5.85.